The van der Waals surface area contributed by atoms with Gasteiger partial charge in [0.05, 0.1) is 5.56 Å². The van der Waals surface area contributed by atoms with Gasteiger partial charge in [-0.15, -0.1) is 10.2 Å². The van der Waals surface area contributed by atoms with Crippen molar-refractivity contribution in [1.29, 1.82) is 0 Å². The number of nitrogens with zero attached hydrogens (tertiary/aromatic N) is 3. The van der Waals surface area contributed by atoms with E-state index >= 15 is 0 Å². The lowest BCUT2D eigenvalue weighted by Crippen LogP contribution is -2.20. The quantitative estimate of drug-likeness (QED) is 0.529. The van der Waals surface area contributed by atoms with Gasteiger partial charge in [0.15, 0.2) is 5.16 Å². The number of rotatable bonds is 6. The van der Waals surface area contributed by atoms with Crippen LogP contribution in [0, 0.1) is 6.92 Å². The second-order valence-electron chi connectivity index (χ2n) is 7.11. The molecule has 0 spiro atoms. The van der Waals surface area contributed by atoms with E-state index in [4.69, 9.17) is 0 Å². The second kappa shape index (κ2) is 8.14. The van der Waals surface area contributed by atoms with E-state index in [-0.39, 0.29) is 5.69 Å². The minimum Gasteiger partial charge on any atom is -0.325 e. The summed E-state index contributed by atoms with van der Waals surface area (Å²) in [5.41, 5.74) is 0.0134. The van der Waals surface area contributed by atoms with Crippen LogP contribution in [0.15, 0.2) is 59.8 Å². The first-order valence-corrected chi connectivity index (χ1v) is 10.3. The number of carbonyl (C=O) groups is 1. The monoisotopic (exact) mass is 432 g/mol. The number of carbonyl (C=O) groups excluding carboxylic acids is 1. The Bertz CT molecular complexity index is 1050. The zero-order chi connectivity index (χ0) is 21.3. The Morgan fingerprint density at radius 1 is 1.13 bits per heavy atom. The van der Waals surface area contributed by atoms with Gasteiger partial charge in [0.1, 0.15) is 11.1 Å². The largest absolute Gasteiger partial charge is 0.416 e. The number of anilines is 1. The molecule has 1 aliphatic rings. The summed E-state index contributed by atoms with van der Waals surface area (Å²) in [5.74, 6) is 0.360. The van der Waals surface area contributed by atoms with Crippen molar-refractivity contribution in [1.82, 2.24) is 14.8 Å². The highest BCUT2D eigenvalue weighted by Gasteiger charge is 2.33. The van der Waals surface area contributed by atoms with E-state index in [1.807, 2.05) is 41.8 Å². The van der Waals surface area contributed by atoms with Crippen molar-refractivity contribution >= 4 is 23.4 Å². The van der Waals surface area contributed by atoms with Gasteiger partial charge in [0.2, 0.25) is 5.91 Å². The lowest BCUT2D eigenvalue weighted by molar-refractivity contribution is -0.137. The Morgan fingerprint density at radius 3 is 2.53 bits per heavy atom. The van der Waals surface area contributed by atoms with Crippen LogP contribution in [0.25, 0.3) is 0 Å². The maximum Gasteiger partial charge on any atom is 0.416 e. The first-order valence-electron chi connectivity index (χ1n) is 9.44. The van der Waals surface area contributed by atoms with Crippen molar-refractivity contribution in [2.45, 2.75) is 42.4 Å². The molecular weight excluding hydrogens is 413 g/mol. The van der Waals surface area contributed by atoms with Crippen LogP contribution in [0.5, 0.6) is 0 Å². The predicted octanol–water partition coefficient (Wildman–Crippen LogP) is 5.41. The van der Waals surface area contributed by atoms with Crippen LogP contribution in [-0.2, 0) is 11.0 Å². The van der Waals surface area contributed by atoms with Crippen LogP contribution in [0.3, 0.4) is 0 Å². The van der Waals surface area contributed by atoms with Gasteiger partial charge < -0.3 is 9.88 Å². The minimum absolute atomic E-state index is 0.0937. The highest BCUT2D eigenvalue weighted by atomic mass is 32.2. The maximum atomic E-state index is 13.1. The molecule has 0 aliphatic heterocycles. The van der Waals surface area contributed by atoms with Gasteiger partial charge in [-0.05, 0) is 43.5 Å². The van der Waals surface area contributed by atoms with E-state index in [9.17, 15) is 18.0 Å². The highest BCUT2D eigenvalue weighted by molar-refractivity contribution is 8.00. The molecule has 30 heavy (non-hydrogen) atoms. The first-order chi connectivity index (χ1) is 14.3. The molecule has 4 rings (SSSR count). The van der Waals surface area contributed by atoms with Gasteiger partial charge in [-0.1, -0.05) is 48.2 Å². The zero-order valence-electron chi connectivity index (χ0n) is 16.1. The summed E-state index contributed by atoms with van der Waals surface area (Å²) in [4.78, 5) is 13.1. The van der Waals surface area contributed by atoms with Gasteiger partial charge in [0.25, 0.3) is 0 Å². The summed E-state index contributed by atoms with van der Waals surface area (Å²) in [6.45, 7) is 1.87. The number of hydrogen-bond donors (Lipinski definition) is 1. The van der Waals surface area contributed by atoms with Crippen LogP contribution < -0.4 is 5.32 Å². The number of benzene rings is 2. The van der Waals surface area contributed by atoms with E-state index in [1.165, 1.54) is 23.9 Å². The van der Waals surface area contributed by atoms with Crippen LogP contribution in [0.4, 0.5) is 18.9 Å². The van der Waals surface area contributed by atoms with Crippen LogP contribution >= 0.6 is 11.8 Å². The Hall–Kier alpha value is -2.81. The van der Waals surface area contributed by atoms with Crippen molar-refractivity contribution in [2.75, 3.05) is 5.32 Å². The second-order valence-corrected chi connectivity index (χ2v) is 8.18. The third-order valence-corrected chi connectivity index (χ3v) is 5.98. The molecule has 1 amide bonds. The Morgan fingerprint density at radius 2 is 1.87 bits per heavy atom. The van der Waals surface area contributed by atoms with Crippen LogP contribution in [0.2, 0.25) is 0 Å². The van der Waals surface area contributed by atoms with Gasteiger partial charge >= 0.3 is 6.18 Å². The molecule has 0 bridgehead atoms. The van der Waals surface area contributed by atoms with E-state index in [1.54, 1.807) is 0 Å². The number of amides is 1. The number of nitrogens with one attached hydrogen (secondary N) is 1. The topological polar surface area (TPSA) is 59.8 Å². The molecule has 1 aromatic heterocycles. The lowest BCUT2D eigenvalue weighted by atomic mass is 10.1. The predicted molar refractivity (Wildman–Crippen MR) is 108 cm³/mol. The molecule has 1 saturated carbocycles. The molecule has 0 radical (unpaired) electrons. The zero-order valence-corrected chi connectivity index (χ0v) is 16.9. The van der Waals surface area contributed by atoms with E-state index in [0.717, 1.165) is 36.4 Å². The number of aryl methyl sites for hydroxylation is 1. The minimum atomic E-state index is -4.48. The van der Waals surface area contributed by atoms with Gasteiger partial charge in [0, 0.05) is 11.7 Å². The average Bonchev–Trinajstić information content (AvgIpc) is 3.48. The summed E-state index contributed by atoms with van der Waals surface area (Å²) < 4.78 is 41.1. The Labute approximate surface area is 175 Å². The summed E-state index contributed by atoms with van der Waals surface area (Å²) >= 11 is 1.25. The van der Waals surface area contributed by atoms with E-state index in [0.29, 0.717) is 11.2 Å². The highest BCUT2D eigenvalue weighted by Crippen LogP contribution is 2.42. The number of hydrogen-bond acceptors (Lipinski definition) is 4. The summed E-state index contributed by atoms with van der Waals surface area (Å²) in [6.07, 6.45) is -2.40. The van der Waals surface area contributed by atoms with Crippen LogP contribution in [-0.4, -0.2) is 20.7 Å². The average molecular weight is 432 g/mol. The number of thioether (sulfide) groups is 1. The third-order valence-electron chi connectivity index (χ3n) is 4.77. The molecule has 156 valence electrons. The number of halogens is 3. The van der Waals surface area contributed by atoms with Crippen molar-refractivity contribution in [3.8, 4) is 0 Å². The fraction of sp³-hybridized carbons (Fsp3) is 0.286. The molecule has 3 aromatic rings. The van der Waals surface area contributed by atoms with Crippen LogP contribution in [0.1, 0.15) is 41.1 Å². The molecule has 0 unspecified atom stereocenters. The fourth-order valence-corrected chi connectivity index (χ4v) is 4.32. The Balaban J connectivity index is 1.61. The standard InChI is InChI=1S/C21H19F3N4OS/c1-13-26-27-20(28(13)17-10-11-17)30-18(14-6-3-2-4-7-14)19(29)25-16-9-5-8-15(12-16)21(22,23)24/h2-9,12,17-18H,10-11H2,1H3,(H,25,29)/t18-/m0/s1. The SMILES string of the molecule is Cc1nnc(S[C@H](C(=O)Nc2cccc(C(F)(F)F)c2)c2ccccc2)n1C1CC1. The van der Waals surface area contributed by atoms with Gasteiger partial charge in [-0.3, -0.25) is 4.79 Å². The van der Waals surface area contributed by atoms with Gasteiger partial charge in [-0.25, -0.2) is 0 Å². The first kappa shape index (κ1) is 20.5. The van der Waals surface area contributed by atoms with E-state index < -0.39 is 22.9 Å². The summed E-state index contributed by atoms with van der Waals surface area (Å²) in [7, 11) is 0. The normalized spacial score (nSPS) is 15.1. The van der Waals surface area contributed by atoms with Crippen molar-refractivity contribution < 1.29 is 18.0 Å². The molecule has 9 heteroatoms. The Kier molecular flexibility index (Phi) is 5.55. The molecular formula is C21H19F3N4OS. The van der Waals surface area contributed by atoms with Gasteiger partial charge in [-0.2, -0.15) is 13.2 Å². The molecule has 1 heterocycles. The van der Waals surface area contributed by atoms with Crippen molar-refractivity contribution in [3.63, 3.8) is 0 Å². The number of aromatic nitrogens is 3. The molecule has 1 N–H and O–H groups in total. The summed E-state index contributed by atoms with van der Waals surface area (Å²) in [5, 5.41) is 10.9. The smallest absolute Gasteiger partial charge is 0.325 e. The molecule has 1 aliphatic carbocycles. The maximum absolute atomic E-state index is 13.1. The third kappa shape index (κ3) is 4.51. The molecule has 5 nitrogen and oxygen atoms in total. The van der Waals surface area contributed by atoms with Crippen molar-refractivity contribution in [3.05, 3.63) is 71.5 Å². The fourth-order valence-electron chi connectivity index (χ4n) is 3.17. The lowest BCUT2D eigenvalue weighted by Gasteiger charge is -2.18. The molecule has 0 saturated heterocycles. The molecule has 1 atom stereocenters. The van der Waals surface area contributed by atoms with Crippen molar-refractivity contribution in [2.24, 2.45) is 0 Å². The number of alkyl halides is 3. The van der Waals surface area contributed by atoms with E-state index in [2.05, 4.69) is 15.5 Å². The molecule has 2 aromatic carbocycles. The summed E-state index contributed by atoms with van der Waals surface area (Å²) in [6, 6.07) is 14.1. The molecule has 1 fully saturated rings.